The zero-order valence-corrected chi connectivity index (χ0v) is 16.9. The van der Waals surface area contributed by atoms with Crippen LogP contribution >= 0.6 is 0 Å². The van der Waals surface area contributed by atoms with Crippen molar-refractivity contribution in [1.82, 2.24) is 14.7 Å². The molecule has 3 unspecified atom stereocenters. The Morgan fingerprint density at radius 1 is 1.18 bits per heavy atom. The van der Waals surface area contributed by atoms with E-state index in [1.54, 1.807) is 37.3 Å². The minimum atomic E-state index is -0.766. The van der Waals surface area contributed by atoms with Crippen LogP contribution < -0.4 is 0 Å². The number of Topliss-reactive ketones (excluding diaryl/α,β-unsaturated/α-hetero) is 1. The van der Waals surface area contributed by atoms with Crippen LogP contribution in [-0.4, -0.2) is 72.1 Å². The molecule has 1 fully saturated rings. The van der Waals surface area contributed by atoms with Gasteiger partial charge in [-0.05, 0) is 20.0 Å². The van der Waals surface area contributed by atoms with Gasteiger partial charge >= 0.3 is 0 Å². The number of likely N-dealkylation sites (tertiary alicyclic amines) is 1. The van der Waals surface area contributed by atoms with Crippen LogP contribution in [0.5, 0.6) is 0 Å². The molecule has 0 bridgehead atoms. The summed E-state index contributed by atoms with van der Waals surface area (Å²) in [6.07, 6.45) is 12.4. The summed E-state index contributed by atoms with van der Waals surface area (Å²) in [5.41, 5.74) is 0.852. The number of carbonyl (C=O) groups excluding carboxylic acids is 3. The second kappa shape index (κ2) is 9.46. The van der Waals surface area contributed by atoms with Crippen molar-refractivity contribution in [2.45, 2.75) is 13.0 Å². The maximum Gasteiger partial charge on any atom is 0.237 e. The van der Waals surface area contributed by atoms with Gasteiger partial charge in [-0.25, -0.2) is 0 Å². The van der Waals surface area contributed by atoms with Crippen LogP contribution in [-0.2, 0) is 14.4 Å². The largest absolute Gasteiger partial charge is 0.374 e. The number of likely N-dealkylation sites (N-methyl/N-ethyl adjacent to an activating group) is 2. The number of rotatable bonds is 10. The standard InChI is InChI=1S/C22H29N3O3/c1-6-7-10-16(2)24(5)14-13-23(4)15-20(26)17(3)25-21(27)18-11-8-9-12-19(18)22(25)28/h6-12,17-19H,1-2,13-15H2,3-5H3/b10-7-. The first-order chi connectivity index (χ1) is 13.3. The average molecular weight is 383 g/mol. The summed E-state index contributed by atoms with van der Waals surface area (Å²) < 4.78 is 0. The van der Waals surface area contributed by atoms with Crippen LogP contribution in [0.1, 0.15) is 6.92 Å². The molecule has 0 saturated carbocycles. The highest BCUT2D eigenvalue weighted by atomic mass is 16.2. The minimum absolute atomic E-state index is 0.149. The fourth-order valence-corrected chi connectivity index (χ4v) is 3.28. The third kappa shape index (κ3) is 4.75. The maximum atomic E-state index is 12.7. The van der Waals surface area contributed by atoms with Gasteiger partial charge in [-0.1, -0.05) is 49.6 Å². The number of hydrogen-bond acceptors (Lipinski definition) is 5. The number of amides is 2. The quantitative estimate of drug-likeness (QED) is 0.425. The van der Waals surface area contributed by atoms with E-state index in [4.69, 9.17) is 0 Å². The molecule has 1 heterocycles. The molecular formula is C22H29N3O3. The Bertz CT molecular complexity index is 720. The van der Waals surface area contributed by atoms with Gasteiger partial charge in [-0.15, -0.1) is 0 Å². The SMILES string of the molecule is C=C/C=C\C(=C)N(C)CCN(C)CC(=O)C(C)N1C(=O)C2C=CC=CC2C1=O. The first-order valence-corrected chi connectivity index (χ1v) is 9.40. The summed E-state index contributed by atoms with van der Waals surface area (Å²) >= 11 is 0. The van der Waals surface area contributed by atoms with Crippen LogP contribution in [0.3, 0.4) is 0 Å². The Labute approximate surface area is 167 Å². The van der Waals surface area contributed by atoms with Gasteiger partial charge in [-0.2, -0.15) is 0 Å². The Hall–Kier alpha value is -2.73. The van der Waals surface area contributed by atoms with E-state index in [2.05, 4.69) is 13.2 Å². The van der Waals surface area contributed by atoms with Crippen LogP contribution in [0.25, 0.3) is 0 Å². The first-order valence-electron chi connectivity index (χ1n) is 9.40. The molecule has 0 radical (unpaired) electrons. The molecule has 0 N–H and O–H groups in total. The lowest BCUT2D eigenvalue weighted by Gasteiger charge is -2.26. The number of ketones is 1. The van der Waals surface area contributed by atoms with Crippen molar-refractivity contribution in [1.29, 1.82) is 0 Å². The van der Waals surface area contributed by atoms with E-state index in [0.29, 0.717) is 13.1 Å². The monoisotopic (exact) mass is 383 g/mol. The lowest BCUT2D eigenvalue weighted by molar-refractivity contribution is -0.146. The highest BCUT2D eigenvalue weighted by Crippen LogP contribution is 2.32. The van der Waals surface area contributed by atoms with Gasteiger partial charge in [0, 0.05) is 25.8 Å². The number of fused-ring (bicyclic) bond motifs is 1. The van der Waals surface area contributed by atoms with E-state index in [-0.39, 0.29) is 24.1 Å². The molecule has 0 spiro atoms. The molecule has 0 aromatic rings. The summed E-state index contributed by atoms with van der Waals surface area (Å²) in [4.78, 5) is 42.9. The maximum absolute atomic E-state index is 12.7. The fourth-order valence-electron chi connectivity index (χ4n) is 3.28. The molecular weight excluding hydrogens is 354 g/mol. The average Bonchev–Trinajstić information content (AvgIpc) is 2.94. The van der Waals surface area contributed by atoms with Crippen molar-refractivity contribution < 1.29 is 14.4 Å². The van der Waals surface area contributed by atoms with E-state index in [1.807, 2.05) is 36.0 Å². The number of carbonyl (C=O) groups is 3. The van der Waals surface area contributed by atoms with Crippen molar-refractivity contribution in [3.05, 3.63) is 61.4 Å². The molecule has 28 heavy (non-hydrogen) atoms. The molecule has 0 aromatic carbocycles. The second-order valence-corrected chi connectivity index (χ2v) is 7.26. The van der Waals surface area contributed by atoms with Crippen LogP contribution in [0.2, 0.25) is 0 Å². The molecule has 6 nitrogen and oxygen atoms in total. The van der Waals surface area contributed by atoms with Crippen LogP contribution in [0, 0.1) is 11.8 Å². The van der Waals surface area contributed by atoms with E-state index in [0.717, 1.165) is 10.6 Å². The summed E-state index contributed by atoms with van der Waals surface area (Å²) in [5.74, 6) is -1.68. The summed E-state index contributed by atoms with van der Waals surface area (Å²) in [7, 11) is 3.78. The molecule has 2 amide bonds. The van der Waals surface area contributed by atoms with Crippen molar-refractivity contribution >= 4 is 17.6 Å². The molecule has 1 aliphatic carbocycles. The Morgan fingerprint density at radius 3 is 2.29 bits per heavy atom. The normalized spacial score (nSPS) is 22.1. The minimum Gasteiger partial charge on any atom is -0.374 e. The van der Waals surface area contributed by atoms with Gasteiger partial charge in [0.25, 0.3) is 0 Å². The highest BCUT2D eigenvalue weighted by Gasteiger charge is 2.48. The molecule has 6 heteroatoms. The van der Waals surface area contributed by atoms with Crippen molar-refractivity contribution in [2.24, 2.45) is 11.8 Å². The predicted molar refractivity (Wildman–Crippen MR) is 110 cm³/mol. The molecule has 150 valence electrons. The van der Waals surface area contributed by atoms with Gasteiger partial charge in [-0.3, -0.25) is 24.2 Å². The molecule has 2 aliphatic rings. The fraction of sp³-hybridized carbons (Fsp3) is 0.409. The van der Waals surface area contributed by atoms with Crippen LogP contribution in [0.15, 0.2) is 61.4 Å². The van der Waals surface area contributed by atoms with E-state index < -0.39 is 17.9 Å². The molecule has 1 aliphatic heterocycles. The Balaban J connectivity index is 1.89. The molecule has 2 rings (SSSR count). The smallest absolute Gasteiger partial charge is 0.237 e. The molecule has 0 aromatic heterocycles. The molecule has 1 saturated heterocycles. The van der Waals surface area contributed by atoms with E-state index in [1.165, 1.54) is 0 Å². The second-order valence-electron chi connectivity index (χ2n) is 7.26. The third-order valence-electron chi connectivity index (χ3n) is 5.19. The van der Waals surface area contributed by atoms with Crippen molar-refractivity contribution in [2.75, 3.05) is 33.7 Å². The topological polar surface area (TPSA) is 60.9 Å². The summed E-state index contributed by atoms with van der Waals surface area (Å²) in [6, 6.07) is -0.766. The van der Waals surface area contributed by atoms with Gasteiger partial charge < -0.3 is 4.90 Å². The number of nitrogens with zero attached hydrogens (tertiary/aromatic N) is 3. The van der Waals surface area contributed by atoms with Gasteiger partial charge in [0.1, 0.15) is 0 Å². The first kappa shape index (κ1) is 21.6. The zero-order valence-electron chi connectivity index (χ0n) is 16.9. The summed E-state index contributed by atoms with van der Waals surface area (Å²) in [5, 5.41) is 0. The third-order valence-corrected chi connectivity index (χ3v) is 5.19. The highest BCUT2D eigenvalue weighted by molar-refractivity contribution is 6.10. The van der Waals surface area contributed by atoms with Crippen molar-refractivity contribution in [3.8, 4) is 0 Å². The Kier molecular flexibility index (Phi) is 7.29. The number of imide groups is 1. The van der Waals surface area contributed by atoms with Gasteiger partial charge in [0.05, 0.1) is 24.4 Å². The van der Waals surface area contributed by atoms with E-state index >= 15 is 0 Å². The number of hydrogen-bond donors (Lipinski definition) is 0. The van der Waals surface area contributed by atoms with Crippen molar-refractivity contribution in [3.63, 3.8) is 0 Å². The molecule has 3 atom stereocenters. The van der Waals surface area contributed by atoms with E-state index in [9.17, 15) is 14.4 Å². The predicted octanol–water partition coefficient (Wildman–Crippen LogP) is 1.79. The number of allylic oxidation sites excluding steroid dienone is 5. The van der Waals surface area contributed by atoms with Gasteiger partial charge in [0.15, 0.2) is 5.78 Å². The summed E-state index contributed by atoms with van der Waals surface area (Å²) in [6.45, 7) is 10.7. The lowest BCUT2D eigenvalue weighted by atomic mass is 9.91. The lowest BCUT2D eigenvalue weighted by Crippen LogP contribution is -2.47. The van der Waals surface area contributed by atoms with Crippen LogP contribution in [0.4, 0.5) is 0 Å². The Morgan fingerprint density at radius 2 is 1.75 bits per heavy atom. The van der Waals surface area contributed by atoms with Gasteiger partial charge in [0.2, 0.25) is 11.8 Å². The zero-order chi connectivity index (χ0) is 20.8.